The number of halogens is 2. The average Bonchev–Trinajstić information content (AvgIpc) is 2.70. The van der Waals surface area contributed by atoms with Crippen molar-refractivity contribution in [3.63, 3.8) is 0 Å². The number of hydrogen-bond donors (Lipinski definition) is 1. The van der Waals surface area contributed by atoms with Crippen LogP contribution in [0, 0.1) is 17.6 Å². The maximum Gasteiger partial charge on any atom is 0.146 e. The largest absolute Gasteiger partial charge is 0.369 e. The van der Waals surface area contributed by atoms with Crippen molar-refractivity contribution in [1.82, 2.24) is 0 Å². The van der Waals surface area contributed by atoms with Gasteiger partial charge in [-0.1, -0.05) is 0 Å². The van der Waals surface area contributed by atoms with E-state index >= 15 is 0 Å². The van der Waals surface area contributed by atoms with Crippen LogP contribution in [-0.2, 0) is 0 Å². The fourth-order valence-corrected chi connectivity index (χ4v) is 1.97. The van der Waals surface area contributed by atoms with E-state index in [2.05, 4.69) is 0 Å². The lowest BCUT2D eigenvalue weighted by atomic mass is 10.1. The second-order valence-corrected chi connectivity index (χ2v) is 3.93. The maximum atomic E-state index is 13.4. The standard InChI is InChI=1S/C11H14F2N2/c12-9-1-2-10(13)11(5-9)15-4-3-8(6-14)7-15/h1-2,5,8H,3-4,6-7,14H2. The second kappa shape index (κ2) is 4.14. The predicted molar refractivity (Wildman–Crippen MR) is 55.7 cm³/mol. The smallest absolute Gasteiger partial charge is 0.146 e. The molecular formula is C11H14F2N2. The van der Waals surface area contributed by atoms with Crippen molar-refractivity contribution < 1.29 is 8.78 Å². The lowest BCUT2D eigenvalue weighted by molar-refractivity contribution is 0.588. The van der Waals surface area contributed by atoms with Gasteiger partial charge >= 0.3 is 0 Å². The van der Waals surface area contributed by atoms with E-state index in [1.165, 1.54) is 12.1 Å². The van der Waals surface area contributed by atoms with Gasteiger partial charge in [0.2, 0.25) is 0 Å². The fraction of sp³-hybridized carbons (Fsp3) is 0.455. The third-order valence-electron chi connectivity index (χ3n) is 2.87. The molecule has 0 amide bonds. The van der Waals surface area contributed by atoms with Crippen molar-refractivity contribution in [3.8, 4) is 0 Å². The number of benzene rings is 1. The minimum Gasteiger partial charge on any atom is -0.369 e. The zero-order valence-corrected chi connectivity index (χ0v) is 8.42. The van der Waals surface area contributed by atoms with Crippen molar-refractivity contribution in [2.24, 2.45) is 11.7 Å². The summed E-state index contributed by atoms with van der Waals surface area (Å²) in [7, 11) is 0. The van der Waals surface area contributed by atoms with Gasteiger partial charge in [0.25, 0.3) is 0 Å². The van der Waals surface area contributed by atoms with Crippen LogP contribution in [0.15, 0.2) is 18.2 Å². The minimum atomic E-state index is -0.400. The van der Waals surface area contributed by atoms with Gasteiger partial charge in [-0.15, -0.1) is 0 Å². The van der Waals surface area contributed by atoms with Gasteiger partial charge in [-0.2, -0.15) is 0 Å². The van der Waals surface area contributed by atoms with Crippen LogP contribution in [0.2, 0.25) is 0 Å². The van der Waals surface area contributed by atoms with Gasteiger partial charge in [-0.25, -0.2) is 8.78 Å². The van der Waals surface area contributed by atoms with Gasteiger partial charge in [-0.05, 0) is 31.0 Å². The molecule has 0 aliphatic carbocycles. The summed E-state index contributed by atoms with van der Waals surface area (Å²) in [6, 6.07) is 3.55. The fourth-order valence-electron chi connectivity index (χ4n) is 1.97. The van der Waals surface area contributed by atoms with E-state index in [9.17, 15) is 8.78 Å². The van der Waals surface area contributed by atoms with Crippen molar-refractivity contribution in [2.45, 2.75) is 6.42 Å². The first-order chi connectivity index (χ1) is 7.20. The van der Waals surface area contributed by atoms with Crippen LogP contribution < -0.4 is 10.6 Å². The van der Waals surface area contributed by atoms with Gasteiger partial charge < -0.3 is 10.6 Å². The lowest BCUT2D eigenvalue weighted by Crippen LogP contribution is -2.23. The summed E-state index contributed by atoms with van der Waals surface area (Å²) in [6.45, 7) is 2.08. The summed E-state index contributed by atoms with van der Waals surface area (Å²) in [5.41, 5.74) is 5.90. The van der Waals surface area contributed by atoms with Crippen molar-refractivity contribution in [2.75, 3.05) is 24.5 Å². The molecule has 0 radical (unpaired) electrons. The van der Waals surface area contributed by atoms with Crippen LogP contribution in [0.3, 0.4) is 0 Å². The first-order valence-electron chi connectivity index (χ1n) is 5.11. The van der Waals surface area contributed by atoms with Crippen LogP contribution in [0.1, 0.15) is 6.42 Å². The van der Waals surface area contributed by atoms with E-state index in [1.807, 2.05) is 4.90 Å². The molecule has 1 heterocycles. The monoisotopic (exact) mass is 212 g/mol. The van der Waals surface area contributed by atoms with E-state index in [4.69, 9.17) is 5.73 Å². The number of nitrogens with zero attached hydrogens (tertiary/aromatic N) is 1. The van der Waals surface area contributed by atoms with Gasteiger partial charge in [0, 0.05) is 19.2 Å². The summed E-state index contributed by atoms with van der Waals surface area (Å²) in [6.07, 6.45) is 0.951. The van der Waals surface area contributed by atoms with E-state index in [0.29, 0.717) is 18.2 Å². The molecule has 15 heavy (non-hydrogen) atoms. The Balaban J connectivity index is 2.19. The highest BCUT2D eigenvalue weighted by atomic mass is 19.1. The molecule has 2 rings (SSSR count). The number of anilines is 1. The number of rotatable bonds is 2. The summed E-state index contributed by atoms with van der Waals surface area (Å²) in [4.78, 5) is 1.86. The van der Waals surface area contributed by atoms with Crippen LogP contribution in [0.25, 0.3) is 0 Å². The third-order valence-corrected chi connectivity index (χ3v) is 2.87. The summed E-state index contributed by atoms with van der Waals surface area (Å²) >= 11 is 0. The predicted octanol–water partition coefficient (Wildman–Crippen LogP) is 1.75. The van der Waals surface area contributed by atoms with E-state index < -0.39 is 5.82 Å². The Labute approximate surface area is 87.7 Å². The van der Waals surface area contributed by atoms with Gasteiger partial charge in [0.05, 0.1) is 5.69 Å². The molecule has 0 bridgehead atoms. The van der Waals surface area contributed by atoms with Crippen molar-refractivity contribution >= 4 is 5.69 Å². The van der Waals surface area contributed by atoms with Gasteiger partial charge in [-0.3, -0.25) is 0 Å². The molecule has 2 N–H and O–H groups in total. The van der Waals surface area contributed by atoms with Gasteiger partial charge in [0.15, 0.2) is 0 Å². The molecule has 0 aromatic heterocycles. The summed E-state index contributed by atoms with van der Waals surface area (Å²) in [5.74, 6) is -0.371. The Kier molecular flexibility index (Phi) is 2.86. The quantitative estimate of drug-likeness (QED) is 0.809. The third kappa shape index (κ3) is 2.09. The zero-order valence-electron chi connectivity index (χ0n) is 8.42. The molecule has 1 aromatic carbocycles. The first kappa shape index (κ1) is 10.4. The minimum absolute atomic E-state index is 0.353. The lowest BCUT2D eigenvalue weighted by Gasteiger charge is -2.19. The average molecular weight is 212 g/mol. The molecule has 1 saturated heterocycles. The van der Waals surface area contributed by atoms with E-state index in [1.54, 1.807) is 0 Å². The molecule has 1 aliphatic heterocycles. The SMILES string of the molecule is NCC1CCN(c2cc(F)ccc2F)C1. The molecule has 2 nitrogen and oxygen atoms in total. The second-order valence-electron chi connectivity index (χ2n) is 3.93. The Morgan fingerprint density at radius 3 is 2.87 bits per heavy atom. The van der Waals surface area contributed by atoms with Crippen LogP contribution in [0.5, 0.6) is 0 Å². The molecule has 1 aliphatic rings. The molecule has 1 unspecified atom stereocenters. The molecule has 1 aromatic rings. The van der Waals surface area contributed by atoms with Crippen LogP contribution in [-0.4, -0.2) is 19.6 Å². The highest BCUT2D eigenvalue weighted by Gasteiger charge is 2.23. The molecule has 4 heteroatoms. The zero-order chi connectivity index (χ0) is 10.8. The highest BCUT2D eigenvalue weighted by molar-refractivity contribution is 5.48. The number of nitrogens with two attached hydrogens (primary N) is 1. The van der Waals surface area contributed by atoms with Crippen molar-refractivity contribution in [3.05, 3.63) is 29.8 Å². The summed E-state index contributed by atoms with van der Waals surface area (Å²) in [5, 5.41) is 0. The van der Waals surface area contributed by atoms with Crippen LogP contribution >= 0.6 is 0 Å². The normalized spacial score (nSPS) is 21.0. The maximum absolute atomic E-state index is 13.4. The molecule has 1 atom stereocenters. The molecule has 82 valence electrons. The molecular weight excluding hydrogens is 198 g/mol. The Morgan fingerprint density at radius 1 is 1.40 bits per heavy atom. The van der Waals surface area contributed by atoms with Crippen molar-refractivity contribution in [1.29, 1.82) is 0 Å². The van der Waals surface area contributed by atoms with E-state index in [-0.39, 0.29) is 5.82 Å². The Bertz CT molecular complexity index is 354. The van der Waals surface area contributed by atoms with Crippen LogP contribution in [0.4, 0.5) is 14.5 Å². The Hall–Kier alpha value is -1.16. The number of hydrogen-bond acceptors (Lipinski definition) is 2. The van der Waals surface area contributed by atoms with Gasteiger partial charge in [0.1, 0.15) is 11.6 Å². The topological polar surface area (TPSA) is 29.3 Å². The highest BCUT2D eigenvalue weighted by Crippen LogP contribution is 2.26. The first-order valence-corrected chi connectivity index (χ1v) is 5.11. The molecule has 1 fully saturated rings. The molecule has 0 spiro atoms. The Morgan fingerprint density at radius 2 is 2.20 bits per heavy atom. The van der Waals surface area contributed by atoms with E-state index in [0.717, 1.165) is 25.6 Å². The summed E-state index contributed by atoms with van der Waals surface area (Å²) < 4.78 is 26.4. The molecule has 0 saturated carbocycles.